The van der Waals surface area contributed by atoms with Gasteiger partial charge in [0, 0.05) is 18.5 Å². The number of hydrogen-bond acceptors (Lipinski definition) is 4. The zero-order valence-corrected chi connectivity index (χ0v) is 11.0. The minimum absolute atomic E-state index is 0.0779. The van der Waals surface area contributed by atoms with E-state index in [0.717, 1.165) is 12.1 Å². The second-order valence-electron chi connectivity index (χ2n) is 4.46. The molecule has 0 aliphatic rings. The average Bonchev–Trinajstić information content (AvgIpc) is 2.35. The molecule has 0 spiro atoms. The lowest BCUT2D eigenvalue weighted by Gasteiger charge is -2.15. The summed E-state index contributed by atoms with van der Waals surface area (Å²) < 4.78 is 37.6. The third-order valence-electron chi connectivity index (χ3n) is 2.71. The van der Waals surface area contributed by atoms with Gasteiger partial charge in [-0.15, -0.1) is 0 Å². The zero-order chi connectivity index (χ0) is 16.2. The summed E-state index contributed by atoms with van der Waals surface area (Å²) in [6, 6.07) is 1.72. The van der Waals surface area contributed by atoms with Crippen LogP contribution in [0.5, 0.6) is 0 Å². The van der Waals surface area contributed by atoms with Gasteiger partial charge in [0.25, 0.3) is 5.69 Å². The highest BCUT2D eigenvalue weighted by Crippen LogP contribution is 2.35. The molecule has 0 aliphatic heterocycles. The van der Waals surface area contributed by atoms with Crippen molar-refractivity contribution < 1.29 is 28.0 Å². The minimum atomic E-state index is -4.67. The molecule has 1 aromatic rings. The number of hydrogen-bond donors (Lipinski definition) is 2. The Labute approximate surface area is 117 Å². The number of nitro groups is 1. The van der Waals surface area contributed by atoms with Gasteiger partial charge in [-0.1, -0.05) is 0 Å². The number of alkyl halides is 3. The largest absolute Gasteiger partial charge is 0.481 e. The fourth-order valence-corrected chi connectivity index (χ4v) is 1.66. The van der Waals surface area contributed by atoms with Gasteiger partial charge in [-0.3, -0.25) is 14.9 Å². The van der Waals surface area contributed by atoms with E-state index < -0.39 is 34.4 Å². The van der Waals surface area contributed by atoms with Gasteiger partial charge < -0.3 is 10.4 Å². The first-order chi connectivity index (χ1) is 9.61. The van der Waals surface area contributed by atoms with Crippen LogP contribution in [0, 0.1) is 10.1 Å². The molecule has 0 fully saturated rings. The quantitative estimate of drug-likeness (QED) is 0.621. The Bertz CT molecular complexity index is 546. The molecule has 116 valence electrons. The van der Waals surface area contributed by atoms with Crippen LogP contribution in [-0.2, 0) is 11.0 Å². The van der Waals surface area contributed by atoms with Crippen molar-refractivity contribution >= 4 is 17.3 Å². The van der Waals surface area contributed by atoms with Crippen LogP contribution in [0.15, 0.2) is 18.2 Å². The van der Waals surface area contributed by atoms with Crippen molar-refractivity contribution in [3.63, 3.8) is 0 Å². The monoisotopic (exact) mass is 306 g/mol. The van der Waals surface area contributed by atoms with Gasteiger partial charge in [-0.2, -0.15) is 13.2 Å². The number of nitrogens with one attached hydrogen (secondary N) is 1. The van der Waals surface area contributed by atoms with Crippen LogP contribution in [0.1, 0.15) is 25.3 Å². The first kappa shape index (κ1) is 16.7. The molecule has 0 bridgehead atoms. The smallest absolute Gasteiger partial charge is 0.416 e. The number of anilines is 1. The van der Waals surface area contributed by atoms with E-state index in [2.05, 4.69) is 5.32 Å². The SMILES string of the molecule is CC(CCC(=O)O)Nc1ccc(C(F)(F)F)cc1[N+](=O)[O-]. The van der Waals surface area contributed by atoms with Gasteiger partial charge >= 0.3 is 12.1 Å². The highest BCUT2D eigenvalue weighted by atomic mass is 19.4. The van der Waals surface area contributed by atoms with Gasteiger partial charge in [-0.25, -0.2) is 0 Å². The van der Waals surface area contributed by atoms with E-state index in [9.17, 15) is 28.1 Å². The Hall–Kier alpha value is -2.32. The van der Waals surface area contributed by atoms with Crippen LogP contribution < -0.4 is 5.32 Å². The van der Waals surface area contributed by atoms with Gasteiger partial charge in [0.2, 0.25) is 0 Å². The number of nitrogens with zero attached hydrogens (tertiary/aromatic N) is 1. The maximum Gasteiger partial charge on any atom is 0.416 e. The molecule has 1 atom stereocenters. The molecular formula is C12H13F3N2O4. The molecule has 6 nitrogen and oxygen atoms in total. The maximum absolute atomic E-state index is 12.5. The Morgan fingerprint density at radius 2 is 2.10 bits per heavy atom. The summed E-state index contributed by atoms with van der Waals surface area (Å²) in [7, 11) is 0. The van der Waals surface area contributed by atoms with Crippen molar-refractivity contribution in [2.75, 3.05) is 5.32 Å². The van der Waals surface area contributed by atoms with E-state index >= 15 is 0 Å². The Kier molecular flexibility index (Phi) is 5.12. The average molecular weight is 306 g/mol. The van der Waals surface area contributed by atoms with Crippen molar-refractivity contribution in [3.8, 4) is 0 Å². The molecular weight excluding hydrogens is 293 g/mol. The summed E-state index contributed by atoms with van der Waals surface area (Å²) in [5.74, 6) is -1.02. The van der Waals surface area contributed by atoms with E-state index in [-0.39, 0.29) is 18.5 Å². The molecule has 0 amide bonds. The topological polar surface area (TPSA) is 92.5 Å². The molecule has 0 aromatic heterocycles. The number of rotatable bonds is 6. The second kappa shape index (κ2) is 6.42. The molecule has 0 saturated heterocycles. The molecule has 1 unspecified atom stereocenters. The van der Waals surface area contributed by atoms with Crippen LogP contribution >= 0.6 is 0 Å². The number of carbonyl (C=O) groups is 1. The summed E-state index contributed by atoms with van der Waals surface area (Å²) in [5.41, 5.74) is -1.89. The van der Waals surface area contributed by atoms with Crippen molar-refractivity contribution in [3.05, 3.63) is 33.9 Å². The first-order valence-electron chi connectivity index (χ1n) is 5.95. The van der Waals surface area contributed by atoms with E-state index in [1.165, 1.54) is 0 Å². The van der Waals surface area contributed by atoms with Crippen LogP contribution in [0.25, 0.3) is 0 Å². The predicted octanol–water partition coefficient (Wildman–Crippen LogP) is 3.28. The summed E-state index contributed by atoms with van der Waals surface area (Å²) in [5, 5.41) is 22.0. The summed E-state index contributed by atoms with van der Waals surface area (Å²) >= 11 is 0. The number of aliphatic carboxylic acids is 1. The minimum Gasteiger partial charge on any atom is -0.481 e. The third-order valence-corrected chi connectivity index (χ3v) is 2.71. The Morgan fingerprint density at radius 1 is 1.48 bits per heavy atom. The maximum atomic E-state index is 12.5. The molecule has 0 aliphatic carbocycles. The molecule has 2 N–H and O–H groups in total. The van der Waals surface area contributed by atoms with Gasteiger partial charge in [0.1, 0.15) is 5.69 Å². The highest BCUT2D eigenvalue weighted by molar-refractivity contribution is 5.67. The lowest BCUT2D eigenvalue weighted by molar-refractivity contribution is -0.384. The first-order valence-corrected chi connectivity index (χ1v) is 5.95. The van der Waals surface area contributed by atoms with Gasteiger partial charge in [0.15, 0.2) is 0 Å². The molecule has 1 rings (SSSR count). The molecule has 0 heterocycles. The van der Waals surface area contributed by atoms with E-state index in [0.29, 0.717) is 6.07 Å². The molecule has 0 radical (unpaired) electrons. The number of carboxylic acids is 1. The van der Waals surface area contributed by atoms with Gasteiger partial charge in [-0.05, 0) is 25.5 Å². The lowest BCUT2D eigenvalue weighted by Crippen LogP contribution is -2.18. The highest BCUT2D eigenvalue weighted by Gasteiger charge is 2.33. The molecule has 1 aromatic carbocycles. The standard InChI is InChI=1S/C12H13F3N2O4/c1-7(2-5-11(18)19)16-9-4-3-8(12(13,14)15)6-10(9)17(20)21/h3-4,6-7,16H,2,5H2,1H3,(H,18,19). The van der Waals surface area contributed by atoms with Crippen molar-refractivity contribution in [1.82, 2.24) is 0 Å². The summed E-state index contributed by atoms with van der Waals surface area (Å²) in [4.78, 5) is 20.4. The normalized spacial score (nSPS) is 12.8. The predicted molar refractivity (Wildman–Crippen MR) is 68.1 cm³/mol. The van der Waals surface area contributed by atoms with Crippen molar-refractivity contribution in [1.29, 1.82) is 0 Å². The zero-order valence-electron chi connectivity index (χ0n) is 11.0. The van der Waals surface area contributed by atoms with Crippen LogP contribution in [-0.4, -0.2) is 22.0 Å². The van der Waals surface area contributed by atoms with Gasteiger partial charge in [0.05, 0.1) is 10.5 Å². The number of halogens is 3. The number of nitro benzene ring substituents is 1. The molecule has 0 saturated carbocycles. The Balaban J connectivity index is 2.97. The molecule has 21 heavy (non-hydrogen) atoms. The number of benzene rings is 1. The van der Waals surface area contributed by atoms with Crippen LogP contribution in [0.4, 0.5) is 24.5 Å². The van der Waals surface area contributed by atoms with Crippen LogP contribution in [0.2, 0.25) is 0 Å². The fraction of sp³-hybridized carbons (Fsp3) is 0.417. The second-order valence-corrected chi connectivity index (χ2v) is 4.46. The fourth-order valence-electron chi connectivity index (χ4n) is 1.66. The van der Waals surface area contributed by atoms with Crippen LogP contribution in [0.3, 0.4) is 0 Å². The van der Waals surface area contributed by atoms with E-state index in [4.69, 9.17) is 5.11 Å². The number of carboxylic acid groups (broad SMARTS) is 1. The summed E-state index contributed by atoms with van der Waals surface area (Å²) in [6.07, 6.45) is -4.63. The lowest BCUT2D eigenvalue weighted by atomic mass is 10.1. The van der Waals surface area contributed by atoms with E-state index in [1.54, 1.807) is 6.92 Å². The molecule has 9 heteroatoms. The van der Waals surface area contributed by atoms with Crippen molar-refractivity contribution in [2.24, 2.45) is 0 Å². The van der Waals surface area contributed by atoms with E-state index in [1.807, 2.05) is 0 Å². The van der Waals surface area contributed by atoms with Crippen molar-refractivity contribution in [2.45, 2.75) is 32.0 Å². The summed E-state index contributed by atoms with van der Waals surface area (Å²) in [6.45, 7) is 1.59. The third kappa shape index (κ3) is 4.93. The Morgan fingerprint density at radius 3 is 2.57 bits per heavy atom.